The number of allylic oxidation sites excluding steroid dienone is 3. The first-order valence-corrected chi connectivity index (χ1v) is 9.07. The molecule has 3 heterocycles. The predicted molar refractivity (Wildman–Crippen MR) is 104 cm³/mol. The Labute approximate surface area is 157 Å². The van der Waals surface area contributed by atoms with Crippen LogP contribution < -0.4 is 10.1 Å². The topological polar surface area (TPSA) is 68.1 Å². The number of benzene rings is 1. The van der Waals surface area contributed by atoms with Crippen molar-refractivity contribution in [2.24, 2.45) is 0 Å². The van der Waals surface area contributed by atoms with E-state index in [0.29, 0.717) is 11.8 Å². The van der Waals surface area contributed by atoms with E-state index >= 15 is 0 Å². The minimum absolute atomic E-state index is 0.506. The molecular weight excluding hydrogens is 340 g/mol. The molecule has 0 amide bonds. The van der Waals surface area contributed by atoms with Crippen LogP contribution in [0.2, 0.25) is 0 Å². The van der Waals surface area contributed by atoms with Crippen LogP contribution in [0.25, 0.3) is 11.0 Å². The van der Waals surface area contributed by atoms with Gasteiger partial charge in [0.05, 0.1) is 18.1 Å². The van der Waals surface area contributed by atoms with Crippen LogP contribution in [0.1, 0.15) is 5.82 Å². The second-order valence-corrected chi connectivity index (χ2v) is 6.62. The maximum Gasteiger partial charge on any atom is 0.230 e. The number of fused-ring (bicyclic) bond motifs is 3. The van der Waals surface area contributed by atoms with Crippen molar-refractivity contribution in [3.8, 4) is 5.88 Å². The van der Waals surface area contributed by atoms with E-state index in [1.54, 1.807) is 19.4 Å². The number of nitrogens with zero attached hydrogens (tertiary/aromatic N) is 5. The number of rotatable bonds is 4. The molecule has 27 heavy (non-hydrogen) atoms. The smallest absolute Gasteiger partial charge is 0.230 e. The van der Waals surface area contributed by atoms with Crippen LogP contribution >= 0.6 is 0 Å². The van der Waals surface area contributed by atoms with Gasteiger partial charge in [0.2, 0.25) is 11.8 Å². The largest absolute Gasteiger partial charge is 0.481 e. The normalized spacial score (nSPS) is 15.7. The number of hydrogen-bond acceptors (Lipinski definition) is 6. The highest BCUT2D eigenvalue weighted by Crippen LogP contribution is 2.25. The molecule has 3 aromatic rings. The molecule has 5 rings (SSSR count). The first-order valence-electron chi connectivity index (χ1n) is 9.07. The highest BCUT2D eigenvalue weighted by Gasteiger charge is 2.19. The Kier molecular flexibility index (Phi) is 3.78. The summed E-state index contributed by atoms with van der Waals surface area (Å²) in [5.41, 5.74) is 4.40. The number of anilines is 2. The Bertz CT molecular complexity index is 1070. The summed E-state index contributed by atoms with van der Waals surface area (Å²) in [4.78, 5) is 15.8. The van der Waals surface area contributed by atoms with E-state index in [1.165, 1.54) is 11.2 Å². The Morgan fingerprint density at radius 3 is 2.85 bits per heavy atom. The highest BCUT2D eigenvalue weighted by atomic mass is 16.5. The van der Waals surface area contributed by atoms with E-state index in [9.17, 15) is 0 Å². The lowest BCUT2D eigenvalue weighted by atomic mass is 10.2. The Hall–Kier alpha value is -3.35. The molecule has 0 fully saturated rings. The summed E-state index contributed by atoms with van der Waals surface area (Å²) in [6.45, 7) is 2.96. The van der Waals surface area contributed by atoms with Crippen molar-refractivity contribution in [3.63, 3.8) is 0 Å². The third-order valence-electron chi connectivity index (χ3n) is 5.02. The maximum absolute atomic E-state index is 5.15. The number of hydrogen-bond donors (Lipinski definition) is 1. The number of imidazole rings is 1. The lowest BCUT2D eigenvalue weighted by Gasteiger charge is -2.25. The van der Waals surface area contributed by atoms with Crippen LogP contribution in [-0.4, -0.2) is 44.6 Å². The van der Waals surface area contributed by atoms with Gasteiger partial charge in [-0.2, -0.15) is 4.98 Å². The zero-order valence-electron chi connectivity index (χ0n) is 15.1. The number of nitrogens with one attached hydrogen (secondary N) is 1. The molecule has 7 heteroatoms. The molecule has 2 aliphatic rings. The molecule has 2 aromatic heterocycles. The lowest BCUT2D eigenvalue weighted by Crippen LogP contribution is -2.26. The van der Waals surface area contributed by atoms with Crippen molar-refractivity contribution < 1.29 is 4.74 Å². The summed E-state index contributed by atoms with van der Waals surface area (Å²) in [5, 5.41) is 3.23. The van der Waals surface area contributed by atoms with Gasteiger partial charge in [0.25, 0.3) is 0 Å². The molecule has 0 unspecified atom stereocenters. The van der Waals surface area contributed by atoms with E-state index in [4.69, 9.17) is 9.72 Å². The van der Waals surface area contributed by atoms with Crippen LogP contribution in [0, 0.1) is 0 Å². The van der Waals surface area contributed by atoms with Gasteiger partial charge in [-0.3, -0.25) is 0 Å². The van der Waals surface area contributed by atoms with Gasteiger partial charge < -0.3 is 19.5 Å². The maximum atomic E-state index is 5.15. The number of methoxy groups -OCH3 is 1. The molecule has 0 radical (unpaired) electrons. The van der Waals surface area contributed by atoms with Crippen molar-refractivity contribution in [3.05, 3.63) is 60.2 Å². The third-order valence-corrected chi connectivity index (χ3v) is 5.02. The summed E-state index contributed by atoms with van der Waals surface area (Å²) < 4.78 is 7.49. The van der Waals surface area contributed by atoms with E-state index in [2.05, 4.69) is 55.1 Å². The van der Waals surface area contributed by atoms with Gasteiger partial charge >= 0.3 is 0 Å². The molecule has 0 saturated heterocycles. The van der Waals surface area contributed by atoms with Gasteiger partial charge in [-0.1, -0.05) is 6.08 Å². The van der Waals surface area contributed by atoms with Crippen molar-refractivity contribution in [1.29, 1.82) is 0 Å². The second-order valence-electron chi connectivity index (χ2n) is 6.62. The zero-order valence-corrected chi connectivity index (χ0v) is 15.1. The van der Waals surface area contributed by atoms with Gasteiger partial charge in [-0.15, -0.1) is 0 Å². The molecule has 1 N–H and O–H groups in total. The quantitative estimate of drug-likeness (QED) is 0.772. The molecule has 1 aromatic carbocycles. The molecule has 136 valence electrons. The van der Waals surface area contributed by atoms with Gasteiger partial charge in [0.15, 0.2) is 0 Å². The molecule has 7 nitrogen and oxygen atoms in total. The van der Waals surface area contributed by atoms with Gasteiger partial charge in [0.1, 0.15) is 5.82 Å². The Balaban J connectivity index is 1.40. The molecule has 1 aliphatic carbocycles. The average molecular weight is 360 g/mol. The van der Waals surface area contributed by atoms with E-state index < -0.39 is 0 Å². The summed E-state index contributed by atoms with van der Waals surface area (Å²) >= 11 is 0. The van der Waals surface area contributed by atoms with Crippen LogP contribution in [-0.2, 0) is 13.0 Å². The van der Waals surface area contributed by atoms with Crippen molar-refractivity contribution in [2.45, 2.75) is 13.0 Å². The number of aromatic nitrogens is 4. The average Bonchev–Trinajstić information content (AvgIpc) is 2.87. The lowest BCUT2D eigenvalue weighted by molar-refractivity contribution is 0.359. The first-order chi connectivity index (χ1) is 13.3. The van der Waals surface area contributed by atoms with Crippen LogP contribution in [0.3, 0.4) is 0 Å². The van der Waals surface area contributed by atoms with Crippen molar-refractivity contribution in [1.82, 2.24) is 24.4 Å². The second kappa shape index (κ2) is 6.42. The predicted octanol–water partition coefficient (Wildman–Crippen LogP) is 2.89. The number of ether oxygens (including phenoxy) is 1. The monoisotopic (exact) mass is 360 g/mol. The van der Waals surface area contributed by atoms with Crippen LogP contribution in [0.15, 0.2) is 54.4 Å². The van der Waals surface area contributed by atoms with Crippen LogP contribution in [0.4, 0.5) is 11.6 Å². The highest BCUT2D eigenvalue weighted by molar-refractivity contribution is 5.81. The molecule has 0 saturated carbocycles. The van der Waals surface area contributed by atoms with Crippen molar-refractivity contribution in [2.75, 3.05) is 25.5 Å². The fourth-order valence-corrected chi connectivity index (χ4v) is 3.56. The van der Waals surface area contributed by atoms with Gasteiger partial charge in [0, 0.05) is 49.7 Å². The Morgan fingerprint density at radius 2 is 2.04 bits per heavy atom. The molecule has 1 aliphatic heterocycles. The first kappa shape index (κ1) is 15.9. The summed E-state index contributed by atoms with van der Waals surface area (Å²) in [5.74, 6) is 2.18. The van der Waals surface area contributed by atoms with Gasteiger partial charge in [-0.05, 0) is 30.4 Å². The van der Waals surface area contributed by atoms with Crippen LogP contribution in [0.5, 0.6) is 5.88 Å². The third kappa shape index (κ3) is 2.91. The van der Waals surface area contributed by atoms with E-state index in [0.717, 1.165) is 43.1 Å². The summed E-state index contributed by atoms with van der Waals surface area (Å²) in [6, 6.07) is 7.93. The summed E-state index contributed by atoms with van der Waals surface area (Å²) in [7, 11) is 1.59. The Morgan fingerprint density at radius 1 is 1.11 bits per heavy atom. The van der Waals surface area contributed by atoms with Gasteiger partial charge in [-0.25, -0.2) is 9.97 Å². The van der Waals surface area contributed by atoms with Crippen molar-refractivity contribution >= 4 is 22.7 Å². The molecule has 0 atom stereocenters. The zero-order chi connectivity index (χ0) is 18.2. The fourth-order valence-electron chi connectivity index (χ4n) is 3.56. The SMILES string of the molecule is COc1ccnc(Nc2ccc3c(c2)nc2n3CCN(C3=CC=C3)CC2)n1. The van der Waals surface area contributed by atoms with E-state index in [1.807, 2.05) is 6.07 Å². The minimum Gasteiger partial charge on any atom is -0.481 e. The molecular formula is C20H20N6O. The standard InChI is InChI=1S/C20H20N6O/c1-27-19-7-9-21-20(24-19)22-14-5-6-17-16(13-14)23-18-8-10-25(11-12-26(17)18)15-3-2-4-15/h2-7,9,13H,8,10-12H2,1H3,(H,21,22,24). The molecule has 0 spiro atoms. The minimum atomic E-state index is 0.506. The molecule has 0 bridgehead atoms. The fraction of sp³-hybridized carbons (Fsp3) is 0.250. The summed E-state index contributed by atoms with van der Waals surface area (Å²) in [6.07, 6.45) is 9.05. The van der Waals surface area contributed by atoms with E-state index in [-0.39, 0.29) is 0 Å².